The fraction of sp³-hybridized carbons (Fsp3) is 0.368. The summed E-state index contributed by atoms with van der Waals surface area (Å²) in [5, 5.41) is 2.72. The maximum atomic E-state index is 14.0. The highest BCUT2D eigenvalue weighted by molar-refractivity contribution is 9.10. The lowest BCUT2D eigenvalue weighted by Gasteiger charge is -2.29. The summed E-state index contributed by atoms with van der Waals surface area (Å²) in [6.07, 6.45) is 1.40. The van der Waals surface area contributed by atoms with E-state index in [1.807, 2.05) is 20.8 Å². The minimum Gasteiger partial charge on any atom is -0.459 e. The van der Waals surface area contributed by atoms with E-state index >= 15 is 0 Å². The number of likely N-dealkylation sites (N-methyl/N-ethyl adjacent to an activating group) is 1. The van der Waals surface area contributed by atoms with Crippen LogP contribution in [-0.4, -0.2) is 29.3 Å². The molecule has 0 aliphatic carbocycles. The molecule has 5 nitrogen and oxygen atoms in total. The Morgan fingerprint density at radius 2 is 2.04 bits per heavy atom. The summed E-state index contributed by atoms with van der Waals surface area (Å²) in [4.78, 5) is 26.7. The number of halogens is 2. The number of carbonyl (C=O) groups excluding carboxylic acids is 2. The number of rotatable bonds is 7. The fourth-order valence-electron chi connectivity index (χ4n) is 2.55. The Hall–Kier alpha value is -2.15. The summed E-state index contributed by atoms with van der Waals surface area (Å²) in [6, 6.07) is 7.02. The number of hydrogen-bond donors (Lipinski definition) is 1. The quantitative estimate of drug-likeness (QED) is 0.730. The Labute approximate surface area is 160 Å². The summed E-state index contributed by atoms with van der Waals surface area (Å²) in [5.41, 5.74) is 0.412. The summed E-state index contributed by atoms with van der Waals surface area (Å²) >= 11 is 3.31. The molecule has 2 rings (SSSR count). The molecular formula is C19H22BrFN2O3. The predicted molar refractivity (Wildman–Crippen MR) is 100.0 cm³/mol. The van der Waals surface area contributed by atoms with Gasteiger partial charge in [0.15, 0.2) is 5.76 Å². The van der Waals surface area contributed by atoms with Crippen molar-refractivity contribution in [2.75, 3.05) is 6.54 Å². The number of carbonyl (C=O) groups is 2. The molecule has 2 amide bonds. The Bertz CT molecular complexity index is 762. The van der Waals surface area contributed by atoms with Crippen LogP contribution in [0.1, 0.15) is 36.9 Å². The van der Waals surface area contributed by atoms with E-state index in [1.165, 1.54) is 23.3 Å². The van der Waals surface area contributed by atoms with Crippen molar-refractivity contribution in [1.29, 1.82) is 0 Å². The van der Waals surface area contributed by atoms with E-state index in [4.69, 9.17) is 4.42 Å². The fourth-order valence-corrected chi connectivity index (χ4v) is 2.95. The van der Waals surface area contributed by atoms with Crippen LogP contribution in [-0.2, 0) is 11.3 Å². The average Bonchev–Trinajstić information content (AvgIpc) is 3.14. The molecule has 2 aromatic rings. The number of hydrogen-bond acceptors (Lipinski definition) is 3. The van der Waals surface area contributed by atoms with Crippen LogP contribution in [0.15, 0.2) is 45.5 Å². The van der Waals surface area contributed by atoms with Crippen LogP contribution in [0.25, 0.3) is 0 Å². The van der Waals surface area contributed by atoms with Gasteiger partial charge < -0.3 is 14.6 Å². The molecule has 0 spiro atoms. The first-order valence-corrected chi connectivity index (χ1v) is 9.19. The van der Waals surface area contributed by atoms with E-state index in [0.29, 0.717) is 12.1 Å². The molecule has 1 heterocycles. The van der Waals surface area contributed by atoms with Crippen molar-refractivity contribution in [3.8, 4) is 0 Å². The maximum absolute atomic E-state index is 14.0. The summed E-state index contributed by atoms with van der Waals surface area (Å²) < 4.78 is 19.9. The molecule has 7 heteroatoms. The topological polar surface area (TPSA) is 62.6 Å². The van der Waals surface area contributed by atoms with Crippen molar-refractivity contribution in [2.24, 2.45) is 5.92 Å². The van der Waals surface area contributed by atoms with Gasteiger partial charge in [0.2, 0.25) is 5.91 Å². The van der Waals surface area contributed by atoms with Gasteiger partial charge in [-0.2, -0.15) is 0 Å². The molecule has 26 heavy (non-hydrogen) atoms. The van der Waals surface area contributed by atoms with Gasteiger partial charge >= 0.3 is 0 Å². The van der Waals surface area contributed by atoms with Gasteiger partial charge in [0.25, 0.3) is 5.91 Å². The van der Waals surface area contributed by atoms with Crippen LogP contribution in [0, 0.1) is 11.7 Å². The Balaban J connectivity index is 2.17. The molecule has 0 aliphatic heterocycles. The Morgan fingerprint density at radius 1 is 1.31 bits per heavy atom. The number of nitrogens with one attached hydrogen (secondary N) is 1. The normalized spacial score (nSPS) is 12.1. The van der Waals surface area contributed by atoms with E-state index in [1.54, 1.807) is 18.2 Å². The number of nitrogens with zero attached hydrogens (tertiary/aromatic N) is 1. The standard InChI is InChI=1S/C19H22BrFN2O3/c1-4-23(11-13-10-14(20)7-8-15(13)21)19(25)17(12(2)3)22-18(24)16-6-5-9-26-16/h5-10,12,17H,4,11H2,1-3H3,(H,22,24). The third-order valence-electron chi connectivity index (χ3n) is 4.03. The van der Waals surface area contributed by atoms with Gasteiger partial charge in [-0.25, -0.2) is 4.39 Å². The first-order valence-electron chi connectivity index (χ1n) is 8.40. The van der Waals surface area contributed by atoms with Crippen molar-refractivity contribution in [3.05, 3.63) is 58.2 Å². The van der Waals surface area contributed by atoms with E-state index in [2.05, 4.69) is 21.2 Å². The zero-order valence-electron chi connectivity index (χ0n) is 15.0. The maximum Gasteiger partial charge on any atom is 0.287 e. The first kappa shape index (κ1) is 20.2. The lowest BCUT2D eigenvalue weighted by molar-refractivity contribution is -0.134. The third-order valence-corrected chi connectivity index (χ3v) is 4.52. The van der Waals surface area contributed by atoms with Crippen molar-refractivity contribution in [2.45, 2.75) is 33.4 Å². The monoisotopic (exact) mass is 424 g/mol. The smallest absolute Gasteiger partial charge is 0.287 e. The predicted octanol–water partition coefficient (Wildman–Crippen LogP) is 3.98. The third kappa shape index (κ3) is 4.94. The van der Waals surface area contributed by atoms with Gasteiger partial charge in [-0.05, 0) is 43.2 Å². The molecule has 0 radical (unpaired) electrons. The molecule has 0 aliphatic rings. The molecule has 0 fully saturated rings. The number of amides is 2. The second-order valence-electron chi connectivity index (χ2n) is 6.26. The van der Waals surface area contributed by atoms with E-state index in [0.717, 1.165) is 4.47 Å². The summed E-state index contributed by atoms with van der Waals surface area (Å²) in [5.74, 6) is -1.08. The molecule has 0 bridgehead atoms. The molecule has 0 saturated heterocycles. The first-order chi connectivity index (χ1) is 12.3. The van der Waals surface area contributed by atoms with Crippen LogP contribution in [0.3, 0.4) is 0 Å². The zero-order valence-corrected chi connectivity index (χ0v) is 16.5. The Kier molecular flexibility index (Phi) is 6.97. The minimum atomic E-state index is -0.734. The molecule has 0 saturated carbocycles. The highest BCUT2D eigenvalue weighted by Crippen LogP contribution is 2.18. The largest absolute Gasteiger partial charge is 0.459 e. The van der Waals surface area contributed by atoms with Crippen LogP contribution >= 0.6 is 15.9 Å². The Morgan fingerprint density at radius 3 is 2.62 bits per heavy atom. The van der Waals surface area contributed by atoms with Crippen LogP contribution in [0.5, 0.6) is 0 Å². The number of benzene rings is 1. The van der Waals surface area contributed by atoms with Crippen LogP contribution in [0.4, 0.5) is 4.39 Å². The molecular weight excluding hydrogens is 403 g/mol. The van der Waals surface area contributed by atoms with Gasteiger partial charge in [0.05, 0.1) is 6.26 Å². The van der Waals surface area contributed by atoms with Gasteiger partial charge in [-0.3, -0.25) is 9.59 Å². The van der Waals surface area contributed by atoms with Crippen LogP contribution in [0.2, 0.25) is 0 Å². The van der Waals surface area contributed by atoms with Crippen molar-refractivity contribution >= 4 is 27.7 Å². The van der Waals surface area contributed by atoms with E-state index < -0.39 is 11.9 Å². The molecule has 140 valence electrons. The molecule has 1 atom stereocenters. The van der Waals surface area contributed by atoms with Crippen molar-refractivity contribution < 1.29 is 18.4 Å². The zero-order chi connectivity index (χ0) is 19.3. The van der Waals surface area contributed by atoms with Crippen LogP contribution < -0.4 is 5.32 Å². The van der Waals surface area contributed by atoms with Gasteiger partial charge in [-0.15, -0.1) is 0 Å². The van der Waals surface area contributed by atoms with E-state index in [-0.39, 0.29) is 29.9 Å². The highest BCUT2D eigenvalue weighted by atomic mass is 79.9. The molecule has 1 aromatic carbocycles. The van der Waals surface area contributed by atoms with Crippen molar-refractivity contribution in [1.82, 2.24) is 10.2 Å². The molecule has 1 N–H and O–H groups in total. The average molecular weight is 425 g/mol. The summed E-state index contributed by atoms with van der Waals surface area (Å²) in [7, 11) is 0. The van der Waals surface area contributed by atoms with Crippen molar-refractivity contribution in [3.63, 3.8) is 0 Å². The number of furan rings is 1. The second kappa shape index (κ2) is 8.98. The molecule has 1 aromatic heterocycles. The lowest BCUT2D eigenvalue weighted by atomic mass is 10.0. The van der Waals surface area contributed by atoms with Gasteiger partial charge in [0.1, 0.15) is 11.9 Å². The summed E-state index contributed by atoms with van der Waals surface area (Å²) in [6.45, 7) is 6.03. The van der Waals surface area contributed by atoms with E-state index in [9.17, 15) is 14.0 Å². The lowest BCUT2D eigenvalue weighted by Crippen LogP contribution is -2.51. The highest BCUT2D eigenvalue weighted by Gasteiger charge is 2.29. The SMILES string of the molecule is CCN(Cc1cc(Br)ccc1F)C(=O)C(NC(=O)c1ccco1)C(C)C. The van der Waals surface area contributed by atoms with Gasteiger partial charge in [0, 0.05) is 23.1 Å². The second-order valence-corrected chi connectivity index (χ2v) is 7.18. The molecule has 1 unspecified atom stereocenters. The van der Waals surface area contributed by atoms with Gasteiger partial charge in [-0.1, -0.05) is 29.8 Å². The minimum absolute atomic E-state index is 0.125.